The van der Waals surface area contributed by atoms with Crippen LogP contribution >= 0.6 is 0 Å². The van der Waals surface area contributed by atoms with Crippen LogP contribution in [-0.4, -0.2) is 53.2 Å². The number of ketones is 1. The van der Waals surface area contributed by atoms with Gasteiger partial charge in [0.1, 0.15) is 23.3 Å². The maximum absolute atomic E-state index is 13.6. The molecule has 0 spiro atoms. The predicted molar refractivity (Wildman–Crippen MR) is 144 cm³/mol. The van der Waals surface area contributed by atoms with Gasteiger partial charge in [0, 0.05) is 35.0 Å². The number of Topliss-reactive ketones (excluding diaryl/α,β-unsaturated/α-hetero) is 1. The molecule has 8 heteroatoms. The van der Waals surface area contributed by atoms with Gasteiger partial charge in [0.2, 0.25) is 5.78 Å². The molecule has 0 bridgehead atoms. The van der Waals surface area contributed by atoms with Gasteiger partial charge in [-0.2, -0.15) is 0 Å². The number of fused-ring (bicyclic) bond motifs is 6. The molecule has 0 aliphatic heterocycles. The number of H-pyrrole nitrogens is 2. The first kappa shape index (κ1) is 23.0. The molecular weight excluding hydrogens is 468 g/mol. The van der Waals surface area contributed by atoms with Gasteiger partial charge in [0.05, 0.1) is 48.0 Å². The summed E-state index contributed by atoms with van der Waals surface area (Å²) in [6.07, 6.45) is 3.68. The third-order valence-corrected chi connectivity index (χ3v) is 6.99. The Morgan fingerprint density at radius 2 is 1.65 bits per heavy atom. The molecule has 0 aliphatic rings. The molecule has 2 N–H and O–H groups in total. The van der Waals surface area contributed by atoms with Gasteiger partial charge >= 0.3 is 0 Å². The number of nitrogens with zero attached hydrogens (tertiary/aromatic N) is 2. The number of ether oxygens (including phenoxy) is 3. The number of hydrogen-bond acceptors (Lipinski definition) is 6. The van der Waals surface area contributed by atoms with Gasteiger partial charge in [0.15, 0.2) is 0 Å². The van der Waals surface area contributed by atoms with E-state index >= 15 is 0 Å². The Bertz CT molecular complexity index is 1790. The first-order valence-corrected chi connectivity index (χ1v) is 12.1. The Morgan fingerprint density at radius 1 is 0.838 bits per heavy atom. The lowest BCUT2D eigenvalue weighted by atomic mass is 10.0. The molecule has 2 aromatic carbocycles. The average molecular weight is 495 g/mol. The van der Waals surface area contributed by atoms with Crippen molar-refractivity contribution >= 4 is 49.4 Å². The molecule has 186 valence electrons. The van der Waals surface area contributed by atoms with Gasteiger partial charge in [-0.25, -0.2) is 0 Å². The fourth-order valence-electron chi connectivity index (χ4n) is 5.18. The van der Waals surface area contributed by atoms with Crippen LogP contribution in [0.5, 0.6) is 11.5 Å². The smallest absolute Gasteiger partial charge is 0.211 e. The molecule has 0 fully saturated rings. The molecule has 1 atom stereocenters. The Labute approximate surface area is 212 Å². The number of rotatable bonds is 8. The second kappa shape index (κ2) is 9.22. The van der Waals surface area contributed by atoms with Crippen molar-refractivity contribution in [3.63, 3.8) is 0 Å². The molecule has 0 amide bonds. The van der Waals surface area contributed by atoms with Crippen molar-refractivity contribution in [2.24, 2.45) is 0 Å². The van der Waals surface area contributed by atoms with Crippen molar-refractivity contribution in [1.82, 2.24) is 19.9 Å². The molecule has 6 aromatic rings. The van der Waals surface area contributed by atoms with E-state index in [2.05, 4.69) is 19.9 Å². The Hall–Kier alpha value is -4.43. The van der Waals surface area contributed by atoms with Crippen LogP contribution in [0.15, 0.2) is 60.9 Å². The average Bonchev–Trinajstić information content (AvgIpc) is 3.52. The largest absolute Gasteiger partial charge is 0.495 e. The number of carbonyl (C=O) groups is 1. The summed E-state index contributed by atoms with van der Waals surface area (Å²) in [5, 5.41) is 3.95. The van der Waals surface area contributed by atoms with Crippen molar-refractivity contribution < 1.29 is 19.0 Å². The number of methoxy groups -OCH3 is 3. The summed E-state index contributed by atoms with van der Waals surface area (Å²) < 4.78 is 16.9. The third-order valence-electron chi connectivity index (χ3n) is 6.99. The number of aromatic amines is 2. The minimum Gasteiger partial charge on any atom is -0.495 e. The highest BCUT2D eigenvalue weighted by Crippen LogP contribution is 2.38. The van der Waals surface area contributed by atoms with Gasteiger partial charge < -0.3 is 24.2 Å². The van der Waals surface area contributed by atoms with Crippen LogP contribution < -0.4 is 9.47 Å². The van der Waals surface area contributed by atoms with E-state index in [-0.39, 0.29) is 5.78 Å². The van der Waals surface area contributed by atoms with E-state index < -0.39 is 6.10 Å². The number of aryl methyl sites for hydroxylation is 1. The van der Waals surface area contributed by atoms with Crippen molar-refractivity contribution in [1.29, 1.82) is 0 Å². The summed E-state index contributed by atoms with van der Waals surface area (Å²) in [6.45, 7) is 0. The summed E-state index contributed by atoms with van der Waals surface area (Å²) in [6, 6.07) is 15.8. The monoisotopic (exact) mass is 494 g/mol. The lowest BCUT2D eigenvalue weighted by Crippen LogP contribution is -2.25. The minimum atomic E-state index is -0.678. The van der Waals surface area contributed by atoms with E-state index in [9.17, 15) is 4.79 Å². The van der Waals surface area contributed by atoms with Crippen molar-refractivity contribution in [3.8, 4) is 11.5 Å². The highest BCUT2D eigenvalue weighted by atomic mass is 16.5. The molecule has 8 nitrogen and oxygen atoms in total. The van der Waals surface area contributed by atoms with Crippen LogP contribution in [0.2, 0.25) is 0 Å². The number of aromatic nitrogens is 4. The molecular formula is C29H26N4O4. The summed E-state index contributed by atoms with van der Waals surface area (Å²) >= 11 is 0. The van der Waals surface area contributed by atoms with Gasteiger partial charge in [-0.15, -0.1) is 0 Å². The SMILES string of the molecule is COc1cccc2c1[nH]c1c(CC[C@@H](OC)C(=O)c3nccc4c3[nH]c3ccccc34)ncc(OC)c12. The molecule has 0 radical (unpaired) electrons. The van der Waals surface area contributed by atoms with Gasteiger partial charge in [-0.05, 0) is 31.0 Å². The number of nitrogens with one attached hydrogen (secondary N) is 2. The summed E-state index contributed by atoms with van der Waals surface area (Å²) in [4.78, 5) is 29.5. The van der Waals surface area contributed by atoms with Crippen LogP contribution in [0.3, 0.4) is 0 Å². The molecule has 0 saturated heterocycles. The highest BCUT2D eigenvalue weighted by Gasteiger charge is 2.25. The van der Waals surface area contributed by atoms with Gasteiger partial charge in [-0.1, -0.05) is 30.3 Å². The Kier molecular flexibility index (Phi) is 5.73. The number of hydrogen-bond donors (Lipinski definition) is 2. The standard InChI is InChI=1S/C29H26N4O4/c1-35-21-10-6-8-18-24-23(37-3)15-31-20(27(24)33-25(18)21)11-12-22(36-2)29(34)28-26-17(13-14-30-28)16-7-4-5-9-19(16)32-26/h4-10,13-15,22,32-33H,11-12H2,1-3H3/t22-/m1/s1. The van der Waals surface area contributed by atoms with Crippen molar-refractivity contribution in [2.45, 2.75) is 18.9 Å². The summed E-state index contributed by atoms with van der Waals surface area (Å²) in [5.74, 6) is 1.25. The molecule has 4 aromatic heterocycles. The lowest BCUT2D eigenvalue weighted by Gasteiger charge is -2.14. The maximum Gasteiger partial charge on any atom is 0.211 e. The van der Waals surface area contributed by atoms with Crippen LogP contribution in [0.1, 0.15) is 22.6 Å². The van der Waals surface area contributed by atoms with Crippen molar-refractivity contribution in [3.05, 3.63) is 72.3 Å². The molecule has 0 unspecified atom stereocenters. The molecule has 0 aliphatic carbocycles. The normalized spacial score (nSPS) is 12.5. The summed E-state index contributed by atoms with van der Waals surface area (Å²) in [5.41, 5.74) is 4.62. The third kappa shape index (κ3) is 3.68. The van der Waals surface area contributed by atoms with Gasteiger partial charge in [0.25, 0.3) is 0 Å². The van der Waals surface area contributed by atoms with E-state index in [0.717, 1.165) is 55.1 Å². The number of pyridine rings is 2. The van der Waals surface area contributed by atoms with Crippen LogP contribution in [0, 0.1) is 0 Å². The first-order valence-electron chi connectivity index (χ1n) is 12.1. The van der Waals surface area contributed by atoms with E-state index in [1.807, 2.05) is 48.5 Å². The fraction of sp³-hybridized carbons (Fsp3) is 0.207. The zero-order valence-electron chi connectivity index (χ0n) is 20.8. The van der Waals surface area contributed by atoms with Crippen LogP contribution in [0.25, 0.3) is 43.6 Å². The molecule has 0 saturated carbocycles. The van der Waals surface area contributed by atoms with E-state index in [1.165, 1.54) is 0 Å². The second-order valence-electron chi connectivity index (χ2n) is 8.91. The molecule has 4 heterocycles. The molecule has 6 rings (SSSR count). The topological polar surface area (TPSA) is 102 Å². The van der Waals surface area contributed by atoms with E-state index in [0.29, 0.717) is 24.3 Å². The van der Waals surface area contributed by atoms with Crippen LogP contribution in [-0.2, 0) is 11.2 Å². The molecule has 37 heavy (non-hydrogen) atoms. The van der Waals surface area contributed by atoms with Crippen LogP contribution in [0.4, 0.5) is 0 Å². The lowest BCUT2D eigenvalue weighted by molar-refractivity contribution is 0.0578. The minimum absolute atomic E-state index is 0.164. The number of benzene rings is 2. The zero-order chi connectivity index (χ0) is 25.5. The number of para-hydroxylation sites is 2. The Balaban J connectivity index is 1.35. The van der Waals surface area contributed by atoms with Gasteiger partial charge in [-0.3, -0.25) is 14.8 Å². The van der Waals surface area contributed by atoms with E-state index in [1.54, 1.807) is 33.7 Å². The first-order chi connectivity index (χ1) is 18.1. The highest BCUT2D eigenvalue weighted by molar-refractivity contribution is 6.15. The fourth-order valence-corrected chi connectivity index (χ4v) is 5.18. The summed E-state index contributed by atoms with van der Waals surface area (Å²) in [7, 11) is 4.83. The zero-order valence-corrected chi connectivity index (χ0v) is 20.8. The number of carbonyl (C=O) groups excluding carboxylic acids is 1. The Morgan fingerprint density at radius 3 is 2.46 bits per heavy atom. The van der Waals surface area contributed by atoms with Crippen molar-refractivity contribution in [2.75, 3.05) is 21.3 Å². The second-order valence-corrected chi connectivity index (χ2v) is 8.91. The quantitative estimate of drug-likeness (QED) is 0.267. The van der Waals surface area contributed by atoms with E-state index in [4.69, 9.17) is 14.2 Å². The predicted octanol–water partition coefficient (Wildman–Crippen LogP) is 5.59. The maximum atomic E-state index is 13.6.